The minimum absolute atomic E-state index is 0.0898. The minimum Gasteiger partial charge on any atom is -0.345 e. The second-order valence-corrected chi connectivity index (χ2v) is 5.27. The van der Waals surface area contributed by atoms with Crippen molar-refractivity contribution in [1.82, 2.24) is 5.32 Å². The van der Waals surface area contributed by atoms with Gasteiger partial charge in [0.1, 0.15) is 5.82 Å². The lowest BCUT2D eigenvalue weighted by Gasteiger charge is -2.15. The van der Waals surface area contributed by atoms with E-state index in [1.54, 1.807) is 12.1 Å². The number of aryl methyl sites for hydroxylation is 2. The van der Waals surface area contributed by atoms with Gasteiger partial charge in [-0.05, 0) is 43.5 Å². The van der Waals surface area contributed by atoms with Crippen molar-refractivity contribution in [3.8, 4) is 0 Å². The summed E-state index contributed by atoms with van der Waals surface area (Å²) in [6, 6.07) is 12.5. The number of halogens is 1. The third-order valence-corrected chi connectivity index (χ3v) is 3.60. The molecule has 0 fully saturated rings. The van der Waals surface area contributed by atoms with Gasteiger partial charge in [-0.3, -0.25) is 4.79 Å². The first kappa shape index (κ1) is 15.2. The Morgan fingerprint density at radius 1 is 1.19 bits per heavy atom. The standard InChI is InChI=1S/C18H20FNO/c1-4-14-6-8-15(9-7-14)13(3)20-18(21)16-11-12(2)5-10-17(16)19/h5-11,13H,4H2,1-3H3,(H,20,21). The van der Waals surface area contributed by atoms with E-state index in [-0.39, 0.29) is 17.5 Å². The summed E-state index contributed by atoms with van der Waals surface area (Å²) in [5.74, 6) is -0.880. The van der Waals surface area contributed by atoms with Crippen molar-refractivity contribution < 1.29 is 9.18 Å². The van der Waals surface area contributed by atoms with Crippen molar-refractivity contribution in [3.05, 3.63) is 70.5 Å². The fourth-order valence-electron chi connectivity index (χ4n) is 2.21. The number of hydrogen-bond donors (Lipinski definition) is 1. The predicted octanol–water partition coefficient (Wildman–Crippen LogP) is 4.19. The number of rotatable bonds is 4. The molecule has 2 aromatic carbocycles. The van der Waals surface area contributed by atoms with Crippen molar-refractivity contribution in [1.29, 1.82) is 0 Å². The minimum atomic E-state index is -0.494. The van der Waals surface area contributed by atoms with Crippen LogP contribution in [-0.2, 0) is 6.42 Å². The van der Waals surface area contributed by atoms with E-state index < -0.39 is 5.82 Å². The van der Waals surface area contributed by atoms with E-state index in [0.29, 0.717) is 0 Å². The Kier molecular flexibility index (Phi) is 4.73. The van der Waals surface area contributed by atoms with Crippen LogP contribution in [-0.4, -0.2) is 5.91 Å². The Balaban J connectivity index is 2.12. The third-order valence-electron chi connectivity index (χ3n) is 3.60. The van der Waals surface area contributed by atoms with Crippen molar-refractivity contribution >= 4 is 5.91 Å². The molecule has 0 aliphatic carbocycles. The lowest BCUT2D eigenvalue weighted by molar-refractivity contribution is 0.0935. The Morgan fingerprint density at radius 3 is 2.48 bits per heavy atom. The summed E-state index contributed by atoms with van der Waals surface area (Å²) in [6.45, 7) is 5.83. The first-order valence-electron chi connectivity index (χ1n) is 7.17. The largest absolute Gasteiger partial charge is 0.345 e. The molecule has 21 heavy (non-hydrogen) atoms. The van der Waals surface area contributed by atoms with Gasteiger partial charge in [0, 0.05) is 0 Å². The molecule has 2 rings (SSSR count). The molecule has 110 valence electrons. The highest BCUT2D eigenvalue weighted by atomic mass is 19.1. The Hall–Kier alpha value is -2.16. The number of carbonyl (C=O) groups is 1. The highest BCUT2D eigenvalue weighted by molar-refractivity contribution is 5.94. The smallest absolute Gasteiger partial charge is 0.254 e. The molecule has 3 heteroatoms. The first-order valence-corrected chi connectivity index (χ1v) is 7.17. The van der Waals surface area contributed by atoms with Gasteiger partial charge in [0.15, 0.2) is 0 Å². The van der Waals surface area contributed by atoms with Crippen LogP contribution < -0.4 is 5.32 Å². The Labute approximate surface area is 125 Å². The first-order chi connectivity index (χ1) is 10.0. The SMILES string of the molecule is CCc1ccc(C(C)NC(=O)c2cc(C)ccc2F)cc1. The average molecular weight is 285 g/mol. The maximum Gasteiger partial charge on any atom is 0.254 e. The van der Waals surface area contributed by atoms with Crippen LogP contribution in [0.4, 0.5) is 4.39 Å². The van der Waals surface area contributed by atoms with E-state index >= 15 is 0 Å². The summed E-state index contributed by atoms with van der Waals surface area (Å²) >= 11 is 0. The number of hydrogen-bond acceptors (Lipinski definition) is 1. The van der Waals surface area contributed by atoms with Gasteiger partial charge >= 0.3 is 0 Å². The topological polar surface area (TPSA) is 29.1 Å². The van der Waals surface area contributed by atoms with Crippen LogP contribution in [0.2, 0.25) is 0 Å². The molecule has 0 spiro atoms. The van der Waals surface area contributed by atoms with E-state index in [0.717, 1.165) is 17.5 Å². The maximum atomic E-state index is 13.7. The van der Waals surface area contributed by atoms with Crippen LogP contribution in [0.25, 0.3) is 0 Å². The summed E-state index contributed by atoms with van der Waals surface area (Å²) in [6.07, 6.45) is 0.982. The molecule has 1 N–H and O–H groups in total. The monoisotopic (exact) mass is 285 g/mol. The van der Waals surface area contributed by atoms with Crippen LogP contribution >= 0.6 is 0 Å². The number of carbonyl (C=O) groups excluding carboxylic acids is 1. The Bertz CT molecular complexity index is 634. The summed E-state index contributed by atoms with van der Waals surface area (Å²) in [4.78, 5) is 12.2. The molecule has 0 aliphatic rings. The zero-order valence-corrected chi connectivity index (χ0v) is 12.6. The summed E-state index contributed by atoms with van der Waals surface area (Å²) in [5.41, 5.74) is 3.21. The van der Waals surface area contributed by atoms with Crippen molar-refractivity contribution in [2.75, 3.05) is 0 Å². The van der Waals surface area contributed by atoms with Gasteiger partial charge in [0.2, 0.25) is 0 Å². The fraction of sp³-hybridized carbons (Fsp3) is 0.278. The number of amides is 1. The molecule has 0 aromatic heterocycles. The molecule has 0 saturated carbocycles. The molecule has 1 atom stereocenters. The van der Waals surface area contributed by atoms with E-state index in [4.69, 9.17) is 0 Å². The van der Waals surface area contributed by atoms with Crippen molar-refractivity contribution in [2.45, 2.75) is 33.2 Å². The number of benzene rings is 2. The van der Waals surface area contributed by atoms with Crippen LogP contribution in [0.15, 0.2) is 42.5 Å². The normalized spacial score (nSPS) is 12.0. The highest BCUT2D eigenvalue weighted by Crippen LogP contribution is 2.16. The summed E-state index contributed by atoms with van der Waals surface area (Å²) in [5, 5.41) is 2.84. The molecular formula is C18H20FNO. The molecule has 1 unspecified atom stereocenters. The van der Waals surface area contributed by atoms with Gasteiger partial charge in [-0.1, -0.05) is 42.8 Å². The molecule has 0 aliphatic heterocycles. The second-order valence-electron chi connectivity index (χ2n) is 5.27. The van der Waals surface area contributed by atoms with Gasteiger partial charge in [0.25, 0.3) is 5.91 Å². The lowest BCUT2D eigenvalue weighted by Crippen LogP contribution is -2.27. The van der Waals surface area contributed by atoms with Gasteiger partial charge in [-0.15, -0.1) is 0 Å². The predicted molar refractivity (Wildman–Crippen MR) is 82.8 cm³/mol. The van der Waals surface area contributed by atoms with E-state index in [2.05, 4.69) is 12.2 Å². The molecule has 0 radical (unpaired) electrons. The fourth-order valence-corrected chi connectivity index (χ4v) is 2.21. The zero-order valence-electron chi connectivity index (χ0n) is 12.6. The molecular weight excluding hydrogens is 265 g/mol. The third kappa shape index (κ3) is 3.69. The molecule has 1 amide bonds. The van der Waals surface area contributed by atoms with Gasteiger partial charge < -0.3 is 5.32 Å². The van der Waals surface area contributed by atoms with E-state index in [1.165, 1.54) is 11.6 Å². The Morgan fingerprint density at radius 2 is 1.86 bits per heavy atom. The van der Waals surface area contributed by atoms with Crippen LogP contribution in [0, 0.1) is 12.7 Å². The zero-order chi connectivity index (χ0) is 15.4. The van der Waals surface area contributed by atoms with Crippen LogP contribution in [0.5, 0.6) is 0 Å². The van der Waals surface area contributed by atoms with Gasteiger partial charge in [-0.2, -0.15) is 0 Å². The average Bonchev–Trinajstić information content (AvgIpc) is 2.49. The molecule has 0 bridgehead atoms. The van der Waals surface area contributed by atoms with Crippen LogP contribution in [0.1, 0.15) is 46.9 Å². The van der Waals surface area contributed by atoms with Gasteiger partial charge in [0.05, 0.1) is 11.6 Å². The van der Waals surface area contributed by atoms with Crippen LogP contribution in [0.3, 0.4) is 0 Å². The molecule has 0 saturated heterocycles. The quantitative estimate of drug-likeness (QED) is 0.896. The molecule has 2 nitrogen and oxygen atoms in total. The van der Waals surface area contributed by atoms with Crippen molar-refractivity contribution in [3.63, 3.8) is 0 Å². The second kappa shape index (κ2) is 6.53. The lowest BCUT2D eigenvalue weighted by atomic mass is 10.0. The number of nitrogens with one attached hydrogen (secondary N) is 1. The van der Waals surface area contributed by atoms with Gasteiger partial charge in [-0.25, -0.2) is 4.39 Å². The van der Waals surface area contributed by atoms with E-state index in [9.17, 15) is 9.18 Å². The summed E-state index contributed by atoms with van der Waals surface area (Å²) < 4.78 is 13.7. The summed E-state index contributed by atoms with van der Waals surface area (Å²) in [7, 11) is 0. The molecule has 2 aromatic rings. The van der Waals surface area contributed by atoms with Crippen molar-refractivity contribution in [2.24, 2.45) is 0 Å². The highest BCUT2D eigenvalue weighted by Gasteiger charge is 2.15. The molecule has 0 heterocycles. The van der Waals surface area contributed by atoms with E-state index in [1.807, 2.05) is 38.1 Å². The maximum absolute atomic E-state index is 13.7.